The van der Waals surface area contributed by atoms with Gasteiger partial charge in [-0.15, -0.1) is 0 Å². The van der Waals surface area contributed by atoms with Crippen LogP contribution in [0.4, 0.5) is 0 Å². The summed E-state index contributed by atoms with van der Waals surface area (Å²) in [5.41, 5.74) is 1.27. The largest absolute Gasteiger partial charge is 0.335 e. The van der Waals surface area contributed by atoms with E-state index in [1.807, 2.05) is 60.7 Å². The Morgan fingerprint density at radius 3 is 2.10 bits per heavy atom. The predicted molar refractivity (Wildman–Crippen MR) is 121 cm³/mol. The van der Waals surface area contributed by atoms with Gasteiger partial charge in [-0.3, -0.25) is 9.59 Å². The van der Waals surface area contributed by atoms with Crippen LogP contribution >= 0.6 is 27.7 Å². The van der Waals surface area contributed by atoms with Crippen LogP contribution < -0.4 is 0 Å². The van der Waals surface area contributed by atoms with Crippen molar-refractivity contribution >= 4 is 39.5 Å². The molecule has 4 rings (SSSR count). The number of carbonyl (C=O) groups is 2. The van der Waals surface area contributed by atoms with Crippen LogP contribution in [0.1, 0.15) is 20.7 Å². The van der Waals surface area contributed by atoms with E-state index in [4.69, 9.17) is 0 Å². The third kappa shape index (κ3) is 4.74. The van der Waals surface area contributed by atoms with Crippen LogP contribution in [0.15, 0.2) is 87.3 Å². The highest BCUT2D eigenvalue weighted by Crippen LogP contribution is 2.30. The molecule has 2 amide bonds. The zero-order valence-corrected chi connectivity index (χ0v) is 18.6. The van der Waals surface area contributed by atoms with Gasteiger partial charge >= 0.3 is 0 Å². The van der Waals surface area contributed by atoms with Gasteiger partial charge in [0.05, 0.1) is 5.56 Å². The second kappa shape index (κ2) is 9.45. The zero-order chi connectivity index (χ0) is 20.9. The average molecular weight is 482 g/mol. The van der Waals surface area contributed by atoms with Gasteiger partial charge < -0.3 is 9.80 Å². The molecule has 0 aliphatic carbocycles. The number of hydrogen-bond donors (Lipinski definition) is 0. The van der Waals surface area contributed by atoms with Crippen molar-refractivity contribution in [1.82, 2.24) is 14.8 Å². The van der Waals surface area contributed by atoms with Crippen LogP contribution in [0.2, 0.25) is 0 Å². The Morgan fingerprint density at radius 1 is 0.800 bits per heavy atom. The van der Waals surface area contributed by atoms with Crippen molar-refractivity contribution < 1.29 is 9.59 Å². The molecule has 152 valence electrons. The van der Waals surface area contributed by atoms with Crippen molar-refractivity contribution in [2.24, 2.45) is 0 Å². The van der Waals surface area contributed by atoms with E-state index in [1.165, 1.54) is 11.8 Å². The molecule has 0 radical (unpaired) electrons. The molecule has 5 nitrogen and oxygen atoms in total. The third-order valence-corrected chi connectivity index (χ3v) is 6.46. The van der Waals surface area contributed by atoms with E-state index < -0.39 is 0 Å². The molecule has 0 atom stereocenters. The maximum atomic E-state index is 13.2. The van der Waals surface area contributed by atoms with Gasteiger partial charge in [-0.2, -0.15) is 0 Å². The van der Waals surface area contributed by atoms with Crippen molar-refractivity contribution in [2.75, 3.05) is 26.2 Å². The summed E-state index contributed by atoms with van der Waals surface area (Å²) in [4.78, 5) is 34.9. The van der Waals surface area contributed by atoms with Crippen LogP contribution in [0.25, 0.3) is 0 Å². The fourth-order valence-electron chi connectivity index (χ4n) is 3.30. The molecule has 1 aromatic heterocycles. The van der Waals surface area contributed by atoms with Crippen molar-refractivity contribution in [2.45, 2.75) is 9.92 Å². The SMILES string of the molecule is O=C(c1ccccc1)N1CCN(C(=O)c2cccnc2Sc2ccc(Br)cc2)CC1. The van der Waals surface area contributed by atoms with E-state index in [-0.39, 0.29) is 11.8 Å². The number of amides is 2. The number of aromatic nitrogens is 1. The van der Waals surface area contributed by atoms with E-state index in [2.05, 4.69) is 20.9 Å². The Balaban J connectivity index is 1.43. The minimum atomic E-state index is -0.0467. The molecule has 0 bridgehead atoms. The topological polar surface area (TPSA) is 53.5 Å². The molecule has 0 saturated carbocycles. The molecule has 3 aromatic rings. The summed E-state index contributed by atoms with van der Waals surface area (Å²) >= 11 is 4.91. The second-order valence-corrected chi connectivity index (χ2v) is 8.84. The molecule has 2 heterocycles. The first kappa shape index (κ1) is 20.6. The normalized spacial score (nSPS) is 13.9. The lowest BCUT2D eigenvalue weighted by atomic mass is 10.1. The Hall–Kier alpha value is -2.64. The van der Waals surface area contributed by atoms with Crippen LogP contribution in [0.3, 0.4) is 0 Å². The molecule has 1 aliphatic heterocycles. The van der Waals surface area contributed by atoms with Crippen molar-refractivity contribution in [3.05, 3.63) is 88.5 Å². The number of piperazine rings is 1. The van der Waals surface area contributed by atoms with Crippen molar-refractivity contribution in [3.63, 3.8) is 0 Å². The first-order valence-corrected chi connectivity index (χ1v) is 11.2. The highest BCUT2D eigenvalue weighted by Gasteiger charge is 2.27. The lowest BCUT2D eigenvalue weighted by Gasteiger charge is -2.35. The van der Waals surface area contributed by atoms with Gasteiger partial charge in [-0.1, -0.05) is 45.9 Å². The van der Waals surface area contributed by atoms with Gasteiger partial charge in [-0.25, -0.2) is 4.98 Å². The smallest absolute Gasteiger partial charge is 0.256 e. The van der Waals surface area contributed by atoms with Crippen LogP contribution in [0.5, 0.6) is 0 Å². The number of carbonyl (C=O) groups excluding carboxylic acids is 2. The summed E-state index contributed by atoms with van der Waals surface area (Å²) in [5, 5.41) is 0.688. The van der Waals surface area contributed by atoms with Gasteiger partial charge in [0.2, 0.25) is 0 Å². The maximum absolute atomic E-state index is 13.2. The van der Waals surface area contributed by atoms with Gasteiger partial charge in [0.1, 0.15) is 5.03 Å². The molecule has 1 aliphatic rings. The fraction of sp³-hybridized carbons (Fsp3) is 0.174. The highest BCUT2D eigenvalue weighted by molar-refractivity contribution is 9.10. The van der Waals surface area contributed by atoms with E-state index in [0.717, 1.165) is 9.37 Å². The van der Waals surface area contributed by atoms with Crippen molar-refractivity contribution in [1.29, 1.82) is 0 Å². The lowest BCUT2D eigenvalue weighted by molar-refractivity contribution is 0.0533. The monoisotopic (exact) mass is 481 g/mol. The molecule has 7 heteroatoms. The molecule has 0 N–H and O–H groups in total. The quantitative estimate of drug-likeness (QED) is 0.546. The van der Waals surface area contributed by atoms with Crippen LogP contribution in [-0.2, 0) is 0 Å². The van der Waals surface area contributed by atoms with Gasteiger partial charge in [0, 0.05) is 47.3 Å². The fourth-order valence-corrected chi connectivity index (χ4v) is 4.43. The Bertz CT molecular complexity index is 1040. The number of hydrogen-bond acceptors (Lipinski definition) is 4. The summed E-state index contributed by atoms with van der Waals surface area (Å²) < 4.78 is 1.01. The molecule has 1 fully saturated rings. The van der Waals surface area contributed by atoms with Crippen molar-refractivity contribution in [3.8, 4) is 0 Å². The summed E-state index contributed by atoms with van der Waals surface area (Å²) in [5.74, 6) is -0.0370. The molecule has 0 spiro atoms. The number of rotatable bonds is 4. The van der Waals surface area contributed by atoms with Crippen LogP contribution in [-0.4, -0.2) is 52.8 Å². The Morgan fingerprint density at radius 2 is 1.43 bits per heavy atom. The van der Waals surface area contributed by atoms with Gasteiger partial charge in [0.15, 0.2) is 0 Å². The third-order valence-electron chi connectivity index (χ3n) is 4.90. The Labute approximate surface area is 188 Å². The highest BCUT2D eigenvalue weighted by atomic mass is 79.9. The molecule has 2 aromatic carbocycles. The summed E-state index contributed by atoms with van der Waals surface area (Å²) in [6, 6.07) is 20.8. The standard InChI is InChI=1S/C23H20BrN3O2S/c24-18-8-10-19(11-9-18)30-21-20(7-4-12-25-21)23(29)27-15-13-26(14-16-27)22(28)17-5-2-1-3-6-17/h1-12H,13-16H2. The van der Waals surface area contributed by atoms with Crippen LogP contribution in [0, 0.1) is 0 Å². The van der Waals surface area contributed by atoms with E-state index in [9.17, 15) is 9.59 Å². The number of benzene rings is 2. The van der Waals surface area contributed by atoms with E-state index in [1.54, 1.807) is 22.1 Å². The minimum Gasteiger partial charge on any atom is -0.335 e. The number of pyridine rings is 1. The molecule has 30 heavy (non-hydrogen) atoms. The lowest BCUT2D eigenvalue weighted by Crippen LogP contribution is -2.50. The van der Waals surface area contributed by atoms with E-state index >= 15 is 0 Å². The summed E-state index contributed by atoms with van der Waals surface area (Å²) in [6.07, 6.45) is 1.70. The predicted octanol–water partition coefficient (Wildman–Crippen LogP) is 4.59. The summed E-state index contributed by atoms with van der Waals surface area (Å²) in [6.45, 7) is 2.06. The van der Waals surface area contributed by atoms with E-state index in [0.29, 0.717) is 42.3 Å². The average Bonchev–Trinajstić information content (AvgIpc) is 2.81. The number of halogens is 1. The molecule has 1 saturated heterocycles. The maximum Gasteiger partial charge on any atom is 0.256 e. The summed E-state index contributed by atoms with van der Waals surface area (Å²) in [7, 11) is 0. The second-order valence-electron chi connectivity index (χ2n) is 6.86. The zero-order valence-electron chi connectivity index (χ0n) is 16.2. The first-order valence-electron chi connectivity index (χ1n) is 9.64. The molecular weight excluding hydrogens is 462 g/mol. The number of nitrogens with zero attached hydrogens (tertiary/aromatic N) is 3. The van der Waals surface area contributed by atoms with Gasteiger partial charge in [-0.05, 0) is 48.5 Å². The first-order chi connectivity index (χ1) is 14.6. The Kier molecular flexibility index (Phi) is 6.50. The van der Waals surface area contributed by atoms with Gasteiger partial charge in [0.25, 0.3) is 11.8 Å². The molecule has 0 unspecified atom stereocenters. The minimum absolute atomic E-state index is 0.00978. The molecular formula is C23H20BrN3O2S.